The lowest BCUT2D eigenvalue weighted by Crippen LogP contribution is -2.36. The second-order valence-corrected chi connectivity index (χ2v) is 3.62. The van der Waals surface area contributed by atoms with Gasteiger partial charge in [0.25, 0.3) is 0 Å². The average Bonchev–Trinajstić information content (AvgIpc) is 2.30. The van der Waals surface area contributed by atoms with Crippen LogP contribution in [0, 0.1) is 0 Å². The van der Waals surface area contributed by atoms with Crippen LogP contribution in [0.2, 0.25) is 0 Å². The Kier molecular flexibility index (Phi) is 5.53. The minimum Gasteiger partial charge on any atom is -0.480 e. The first kappa shape index (κ1) is 12.7. The molecule has 88 valence electrons. The lowest BCUT2D eigenvalue weighted by molar-refractivity contribution is -0.139. The molecule has 0 spiro atoms. The SMILES string of the molecule is O=C(O)[C@H](CCCO)NCc1ccccc1. The van der Waals surface area contributed by atoms with Crippen molar-refractivity contribution in [2.45, 2.75) is 25.4 Å². The highest BCUT2D eigenvalue weighted by atomic mass is 16.4. The van der Waals surface area contributed by atoms with Crippen LogP contribution in [0.1, 0.15) is 18.4 Å². The smallest absolute Gasteiger partial charge is 0.320 e. The van der Waals surface area contributed by atoms with Crippen molar-refractivity contribution in [2.24, 2.45) is 0 Å². The summed E-state index contributed by atoms with van der Waals surface area (Å²) in [6, 6.07) is 9.05. The zero-order valence-electron chi connectivity index (χ0n) is 9.10. The van der Waals surface area contributed by atoms with Crippen molar-refractivity contribution in [3.05, 3.63) is 35.9 Å². The molecule has 16 heavy (non-hydrogen) atoms. The number of aliphatic hydroxyl groups is 1. The van der Waals surface area contributed by atoms with E-state index in [0.29, 0.717) is 19.4 Å². The standard InChI is InChI=1S/C12H17NO3/c14-8-4-7-11(12(15)16)13-9-10-5-2-1-3-6-10/h1-3,5-6,11,13-14H,4,7-9H2,(H,15,16)/t11-/m0/s1. The lowest BCUT2D eigenvalue weighted by atomic mass is 10.1. The van der Waals surface area contributed by atoms with Crippen LogP contribution in [0.15, 0.2) is 30.3 Å². The predicted molar refractivity (Wildman–Crippen MR) is 61.0 cm³/mol. The molecule has 0 aliphatic carbocycles. The fraction of sp³-hybridized carbons (Fsp3) is 0.417. The van der Waals surface area contributed by atoms with E-state index in [-0.39, 0.29) is 6.61 Å². The zero-order chi connectivity index (χ0) is 11.8. The van der Waals surface area contributed by atoms with Crippen molar-refractivity contribution in [3.8, 4) is 0 Å². The quantitative estimate of drug-likeness (QED) is 0.645. The van der Waals surface area contributed by atoms with Crippen molar-refractivity contribution in [3.63, 3.8) is 0 Å². The molecule has 0 saturated carbocycles. The normalized spacial score (nSPS) is 12.3. The van der Waals surface area contributed by atoms with Gasteiger partial charge in [0, 0.05) is 13.2 Å². The van der Waals surface area contributed by atoms with E-state index in [2.05, 4.69) is 5.32 Å². The van der Waals surface area contributed by atoms with Crippen LogP contribution in [-0.4, -0.2) is 28.8 Å². The number of rotatable bonds is 7. The van der Waals surface area contributed by atoms with E-state index in [9.17, 15) is 4.79 Å². The number of benzene rings is 1. The molecule has 4 heteroatoms. The molecule has 0 aliphatic heterocycles. The van der Waals surface area contributed by atoms with Gasteiger partial charge in [-0.3, -0.25) is 4.79 Å². The number of carboxylic acids is 1. The molecule has 0 unspecified atom stereocenters. The van der Waals surface area contributed by atoms with Crippen LogP contribution in [0.5, 0.6) is 0 Å². The summed E-state index contributed by atoms with van der Waals surface area (Å²) in [4.78, 5) is 10.9. The van der Waals surface area contributed by atoms with Crippen molar-refractivity contribution in [2.75, 3.05) is 6.61 Å². The summed E-state index contributed by atoms with van der Waals surface area (Å²) in [6.07, 6.45) is 0.942. The van der Waals surface area contributed by atoms with Crippen molar-refractivity contribution in [1.82, 2.24) is 5.32 Å². The Morgan fingerprint density at radius 2 is 2.00 bits per heavy atom. The number of hydrogen-bond donors (Lipinski definition) is 3. The van der Waals surface area contributed by atoms with E-state index in [1.54, 1.807) is 0 Å². The molecule has 0 fully saturated rings. The van der Waals surface area contributed by atoms with Gasteiger partial charge in [-0.15, -0.1) is 0 Å². The van der Waals surface area contributed by atoms with E-state index >= 15 is 0 Å². The lowest BCUT2D eigenvalue weighted by Gasteiger charge is -2.13. The molecule has 0 saturated heterocycles. The van der Waals surface area contributed by atoms with Gasteiger partial charge in [-0.05, 0) is 18.4 Å². The van der Waals surface area contributed by atoms with Gasteiger partial charge in [-0.2, -0.15) is 0 Å². The molecule has 0 heterocycles. The topological polar surface area (TPSA) is 69.6 Å². The second kappa shape index (κ2) is 6.98. The Balaban J connectivity index is 2.41. The minimum atomic E-state index is -0.871. The largest absolute Gasteiger partial charge is 0.480 e. The van der Waals surface area contributed by atoms with Crippen LogP contribution in [-0.2, 0) is 11.3 Å². The van der Waals surface area contributed by atoms with Gasteiger partial charge in [0.2, 0.25) is 0 Å². The highest BCUT2D eigenvalue weighted by Gasteiger charge is 2.15. The molecule has 0 radical (unpaired) electrons. The first-order valence-electron chi connectivity index (χ1n) is 5.35. The first-order chi connectivity index (χ1) is 7.74. The van der Waals surface area contributed by atoms with E-state index in [0.717, 1.165) is 5.56 Å². The van der Waals surface area contributed by atoms with E-state index in [1.165, 1.54) is 0 Å². The van der Waals surface area contributed by atoms with Gasteiger partial charge < -0.3 is 15.5 Å². The summed E-state index contributed by atoms with van der Waals surface area (Å²) in [5, 5.41) is 20.6. The van der Waals surface area contributed by atoms with Crippen molar-refractivity contribution in [1.29, 1.82) is 0 Å². The highest BCUT2D eigenvalue weighted by Crippen LogP contribution is 2.02. The molecule has 0 aromatic heterocycles. The summed E-state index contributed by atoms with van der Waals surface area (Å²) < 4.78 is 0. The second-order valence-electron chi connectivity index (χ2n) is 3.62. The zero-order valence-corrected chi connectivity index (χ0v) is 9.10. The Morgan fingerprint density at radius 3 is 2.56 bits per heavy atom. The predicted octanol–water partition coefficient (Wildman–Crippen LogP) is 1.00. The number of hydrogen-bond acceptors (Lipinski definition) is 3. The fourth-order valence-electron chi connectivity index (χ4n) is 1.45. The van der Waals surface area contributed by atoms with Gasteiger partial charge >= 0.3 is 5.97 Å². The molecule has 3 N–H and O–H groups in total. The molecular formula is C12H17NO3. The average molecular weight is 223 g/mol. The molecule has 0 amide bonds. The Bertz CT molecular complexity index is 313. The van der Waals surface area contributed by atoms with Gasteiger partial charge in [0.15, 0.2) is 0 Å². The molecule has 0 bridgehead atoms. The molecule has 1 atom stereocenters. The number of carboxylic acid groups (broad SMARTS) is 1. The third-order valence-corrected chi connectivity index (χ3v) is 2.34. The van der Waals surface area contributed by atoms with Gasteiger partial charge in [0.1, 0.15) is 6.04 Å². The third kappa shape index (κ3) is 4.42. The highest BCUT2D eigenvalue weighted by molar-refractivity contribution is 5.73. The van der Waals surface area contributed by atoms with E-state index < -0.39 is 12.0 Å². The van der Waals surface area contributed by atoms with Crippen LogP contribution in [0.4, 0.5) is 0 Å². The minimum absolute atomic E-state index is 0.0246. The van der Waals surface area contributed by atoms with Crippen molar-refractivity contribution >= 4 is 5.97 Å². The number of aliphatic carboxylic acids is 1. The van der Waals surface area contributed by atoms with Crippen molar-refractivity contribution < 1.29 is 15.0 Å². The van der Waals surface area contributed by atoms with Gasteiger partial charge in [0.05, 0.1) is 0 Å². The maximum Gasteiger partial charge on any atom is 0.320 e. The number of nitrogens with one attached hydrogen (secondary N) is 1. The van der Waals surface area contributed by atoms with Crippen LogP contribution < -0.4 is 5.32 Å². The Hall–Kier alpha value is -1.39. The summed E-state index contributed by atoms with van der Waals surface area (Å²) in [6.45, 7) is 0.556. The van der Waals surface area contributed by atoms with E-state index in [4.69, 9.17) is 10.2 Å². The fourth-order valence-corrected chi connectivity index (χ4v) is 1.45. The maximum absolute atomic E-state index is 10.9. The number of aliphatic hydroxyl groups excluding tert-OH is 1. The Labute approximate surface area is 94.9 Å². The molecule has 1 aromatic rings. The van der Waals surface area contributed by atoms with Gasteiger partial charge in [-0.25, -0.2) is 0 Å². The maximum atomic E-state index is 10.9. The van der Waals surface area contributed by atoms with Crippen LogP contribution >= 0.6 is 0 Å². The van der Waals surface area contributed by atoms with E-state index in [1.807, 2.05) is 30.3 Å². The monoisotopic (exact) mass is 223 g/mol. The summed E-state index contributed by atoms with van der Waals surface area (Å²) in [5.41, 5.74) is 1.05. The summed E-state index contributed by atoms with van der Waals surface area (Å²) in [5.74, 6) is -0.871. The van der Waals surface area contributed by atoms with Crippen LogP contribution in [0.3, 0.4) is 0 Å². The third-order valence-electron chi connectivity index (χ3n) is 2.34. The first-order valence-corrected chi connectivity index (χ1v) is 5.35. The molecular weight excluding hydrogens is 206 g/mol. The molecule has 4 nitrogen and oxygen atoms in total. The molecule has 1 rings (SSSR count). The Morgan fingerprint density at radius 1 is 1.31 bits per heavy atom. The molecule has 1 aromatic carbocycles. The summed E-state index contributed by atoms with van der Waals surface area (Å²) in [7, 11) is 0. The molecule has 0 aliphatic rings. The van der Waals surface area contributed by atoms with Gasteiger partial charge in [-0.1, -0.05) is 30.3 Å². The number of carbonyl (C=O) groups is 1. The van der Waals surface area contributed by atoms with Crippen LogP contribution in [0.25, 0.3) is 0 Å². The summed E-state index contributed by atoms with van der Waals surface area (Å²) >= 11 is 0.